The first kappa shape index (κ1) is 15.0. The highest BCUT2D eigenvalue weighted by Gasteiger charge is 2.37. The summed E-state index contributed by atoms with van der Waals surface area (Å²) < 4.78 is 0. The molecule has 0 radical (unpaired) electrons. The van der Waals surface area contributed by atoms with Gasteiger partial charge in [0, 0.05) is 24.2 Å². The summed E-state index contributed by atoms with van der Waals surface area (Å²) in [4.78, 5) is 36.0. The summed E-state index contributed by atoms with van der Waals surface area (Å²) in [6.07, 6.45) is -0.632. The second-order valence-corrected chi connectivity index (χ2v) is 5.03. The van der Waals surface area contributed by atoms with E-state index in [2.05, 4.69) is 5.32 Å². The molecule has 1 aliphatic rings. The Morgan fingerprint density at radius 1 is 1.38 bits per heavy atom. The molecule has 2 rings (SSSR count). The van der Waals surface area contributed by atoms with E-state index in [1.54, 1.807) is 24.3 Å². The van der Waals surface area contributed by atoms with Crippen molar-refractivity contribution in [2.75, 3.05) is 11.9 Å². The fraction of sp³-hybridized carbons (Fsp3) is 0.357. The third-order valence-corrected chi connectivity index (χ3v) is 3.39. The van der Waals surface area contributed by atoms with Gasteiger partial charge < -0.3 is 21.1 Å². The van der Waals surface area contributed by atoms with E-state index in [1.807, 2.05) is 0 Å². The molecule has 1 saturated heterocycles. The normalized spacial score (nSPS) is 21.1. The molecule has 2 unspecified atom stereocenters. The Morgan fingerprint density at radius 3 is 2.71 bits per heavy atom. The van der Waals surface area contributed by atoms with Crippen molar-refractivity contribution < 1.29 is 19.5 Å². The number of rotatable bonds is 3. The zero-order valence-electron chi connectivity index (χ0n) is 11.6. The number of β-amino-alcohol motifs (C(OH)–C–C–N with tert-alkyl or cyclic N) is 1. The first-order chi connectivity index (χ1) is 9.88. The van der Waals surface area contributed by atoms with Gasteiger partial charge in [0.1, 0.15) is 6.04 Å². The van der Waals surface area contributed by atoms with Crippen molar-refractivity contribution in [2.45, 2.75) is 25.5 Å². The number of hydrogen-bond acceptors (Lipinski definition) is 4. The molecule has 1 fully saturated rings. The lowest BCUT2D eigenvalue weighted by atomic mass is 10.1. The zero-order chi connectivity index (χ0) is 15.6. The summed E-state index contributed by atoms with van der Waals surface area (Å²) in [7, 11) is 0. The van der Waals surface area contributed by atoms with Crippen LogP contribution in [0.1, 0.15) is 23.7 Å². The van der Waals surface area contributed by atoms with Crippen LogP contribution in [0.5, 0.6) is 0 Å². The predicted molar refractivity (Wildman–Crippen MR) is 75.8 cm³/mol. The molecule has 1 aromatic carbocycles. The number of carbonyl (C=O) groups is 3. The van der Waals surface area contributed by atoms with Gasteiger partial charge in [0.15, 0.2) is 5.78 Å². The van der Waals surface area contributed by atoms with E-state index in [1.165, 1.54) is 11.8 Å². The molecule has 3 amide bonds. The Bertz CT molecular complexity index is 587. The van der Waals surface area contributed by atoms with Crippen LogP contribution in [0.4, 0.5) is 10.5 Å². The van der Waals surface area contributed by atoms with Crippen LogP contribution in [0.25, 0.3) is 0 Å². The Labute approximate surface area is 121 Å². The Kier molecular flexibility index (Phi) is 4.23. The minimum absolute atomic E-state index is 0.0475. The van der Waals surface area contributed by atoms with E-state index < -0.39 is 24.1 Å². The number of Topliss-reactive ketones (excluding diaryl/α,β-unsaturated/α-hetero) is 1. The molecule has 0 aliphatic carbocycles. The van der Waals surface area contributed by atoms with Crippen LogP contribution >= 0.6 is 0 Å². The van der Waals surface area contributed by atoms with Crippen molar-refractivity contribution in [2.24, 2.45) is 5.73 Å². The Balaban J connectivity index is 2.12. The van der Waals surface area contributed by atoms with Gasteiger partial charge in [-0.1, -0.05) is 12.1 Å². The summed E-state index contributed by atoms with van der Waals surface area (Å²) >= 11 is 0. The average molecular weight is 291 g/mol. The number of aliphatic hydroxyl groups excluding tert-OH is 1. The minimum atomic E-state index is -0.823. The number of nitrogens with zero attached hydrogens (tertiary/aromatic N) is 1. The molecule has 112 valence electrons. The first-order valence-electron chi connectivity index (χ1n) is 6.54. The zero-order valence-corrected chi connectivity index (χ0v) is 11.6. The summed E-state index contributed by atoms with van der Waals surface area (Å²) in [5.41, 5.74) is 6.14. The number of nitrogens with two attached hydrogens (primary N) is 1. The van der Waals surface area contributed by atoms with Crippen molar-refractivity contribution in [1.82, 2.24) is 4.90 Å². The monoisotopic (exact) mass is 291 g/mol. The van der Waals surface area contributed by atoms with E-state index in [4.69, 9.17) is 5.73 Å². The van der Waals surface area contributed by atoms with E-state index in [9.17, 15) is 19.5 Å². The maximum Gasteiger partial charge on any atom is 0.322 e. The smallest absolute Gasteiger partial charge is 0.322 e. The van der Waals surface area contributed by atoms with Crippen molar-refractivity contribution in [3.8, 4) is 0 Å². The topological polar surface area (TPSA) is 113 Å². The molecule has 7 nitrogen and oxygen atoms in total. The number of benzene rings is 1. The molecule has 2 atom stereocenters. The molecular formula is C14H17N3O4. The van der Waals surface area contributed by atoms with Crippen molar-refractivity contribution >= 4 is 23.4 Å². The van der Waals surface area contributed by atoms with E-state index >= 15 is 0 Å². The van der Waals surface area contributed by atoms with Crippen LogP contribution in [-0.4, -0.2) is 46.4 Å². The molecule has 0 spiro atoms. The fourth-order valence-corrected chi connectivity index (χ4v) is 2.32. The van der Waals surface area contributed by atoms with Gasteiger partial charge in [0.05, 0.1) is 6.10 Å². The summed E-state index contributed by atoms with van der Waals surface area (Å²) in [5.74, 6) is -0.767. The number of likely N-dealkylation sites (tertiary alicyclic amines) is 1. The predicted octanol–water partition coefficient (Wildman–Crippen LogP) is 0.342. The highest BCUT2D eigenvalue weighted by molar-refractivity contribution is 5.97. The van der Waals surface area contributed by atoms with Crippen LogP contribution < -0.4 is 11.1 Å². The molecule has 0 saturated carbocycles. The standard InChI is InChI=1S/C14H17N3O4/c1-8(18)9-3-2-4-10(5-9)16-14(21)17-7-11(19)6-12(17)13(15)20/h2-5,11-12,19H,6-7H2,1H3,(H2,15,20)(H,16,21). The molecule has 1 heterocycles. The van der Waals surface area contributed by atoms with Crippen LogP contribution in [0.3, 0.4) is 0 Å². The van der Waals surface area contributed by atoms with Gasteiger partial charge in [-0.15, -0.1) is 0 Å². The van der Waals surface area contributed by atoms with Gasteiger partial charge in [-0.05, 0) is 19.1 Å². The number of urea groups is 1. The highest BCUT2D eigenvalue weighted by atomic mass is 16.3. The SMILES string of the molecule is CC(=O)c1cccc(NC(=O)N2CC(O)CC2C(N)=O)c1. The third kappa shape index (κ3) is 3.38. The minimum Gasteiger partial charge on any atom is -0.391 e. The van der Waals surface area contributed by atoms with Gasteiger partial charge >= 0.3 is 6.03 Å². The highest BCUT2D eigenvalue weighted by Crippen LogP contribution is 2.20. The summed E-state index contributed by atoms with van der Waals surface area (Å²) in [6.45, 7) is 1.48. The van der Waals surface area contributed by atoms with Gasteiger partial charge in [0.25, 0.3) is 0 Å². The van der Waals surface area contributed by atoms with Gasteiger partial charge in [-0.25, -0.2) is 4.79 Å². The number of ketones is 1. The molecule has 0 aromatic heterocycles. The maximum atomic E-state index is 12.2. The number of anilines is 1. The van der Waals surface area contributed by atoms with E-state index in [-0.39, 0.29) is 18.7 Å². The first-order valence-corrected chi connectivity index (χ1v) is 6.54. The van der Waals surface area contributed by atoms with Gasteiger partial charge in [-0.3, -0.25) is 9.59 Å². The molecule has 21 heavy (non-hydrogen) atoms. The number of primary amides is 1. The average Bonchev–Trinajstić information content (AvgIpc) is 2.81. The quantitative estimate of drug-likeness (QED) is 0.697. The molecular weight excluding hydrogens is 274 g/mol. The third-order valence-electron chi connectivity index (χ3n) is 3.39. The molecule has 1 aliphatic heterocycles. The lowest BCUT2D eigenvalue weighted by Gasteiger charge is -2.22. The summed E-state index contributed by atoms with van der Waals surface area (Å²) in [5, 5.41) is 12.2. The Hall–Kier alpha value is -2.41. The molecule has 1 aromatic rings. The molecule has 7 heteroatoms. The largest absolute Gasteiger partial charge is 0.391 e. The second-order valence-electron chi connectivity index (χ2n) is 5.03. The van der Waals surface area contributed by atoms with Crippen LogP contribution in [-0.2, 0) is 4.79 Å². The molecule has 4 N–H and O–H groups in total. The van der Waals surface area contributed by atoms with E-state index in [0.29, 0.717) is 11.3 Å². The lowest BCUT2D eigenvalue weighted by Crippen LogP contribution is -2.45. The summed E-state index contributed by atoms with van der Waals surface area (Å²) in [6, 6.07) is 5.12. The number of carbonyl (C=O) groups excluding carboxylic acids is 3. The van der Waals surface area contributed by atoms with Gasteiger partial charge in [-0.2, -0.15) is 0 Å². The number of nitrogens with one attached hydrogen (secondary N) is 1. The van der Waals surface area contributed by atoms with Crippen LogP contribution in [0, 0.1) is 0 Å². The number of hydrogen-bond donors (Lipinski definition) is 3. The van der Waals surface area contributed by atoms with Gasteiger partial charge in [0.2, 0.25) is 5.91 Å². The lowest BCUT2D eigenvalue weighted by molar-refractivity contribution is -0.121. The number of amides is 3. The Morgan fingerprint density at radius 2 is 2.10 bits per heavy atom. The van der Waals surface area contributed by atoms with Crippen LogP contribution in [0.15, 0.2) is 24.3 Å². The van der Waals surface area contributed by atoms with E-state index in [0.717, 1.165) is 0 Å². The number of aliphatic hydroxyl groups is 1. The molecule has 0 bridgehead atoms. The second kappa shape index (κ2) is 5.92. The van der Waals surface area contributed by atoms with Crippen molar-refractivity contribution in [1.29, 1.82) is 0 Å². The fourth-order valence-electron chi connectivity index (χ4n) is 2.32. The van der Waals surface area contributed by atoms with Crippen molar-refractivity contribution in [3.63, 3.8) is 0 Å². The van der Waals surface area contributed by atoms with Crippen LogP contribution in [0.2, 0.25) is 0 Å². The maximum absolute atomic E-state index is 12.2. The van der Waals surface area contributed by atoms with Crippen molar-refractivity contribution in [3.05, 3.63) is 29.8 Å².